The van der Waals surface area contributed by atoms with Crippen molar-refractivity contribution in [1.29, 1.82) is 0 Å². The molecule has 0 N–H and O–H groups in total. The van der Waals surface area contributed by atoms with E-state index in [9.17, 15) is 12.8 Å². The Hall–Kier alpha value is -2.69. The van der Waals surface area contributed by atoms with Crippen molar-refractivity contribution < 1.29 is 26.3 Å². The number of hydrogen-bond acceptors (Lipinski definition) is 8. The molecule has 2 aliphatic heterocycles. The van der Waals surface area contributed by atoms with E-state index in [4.69, 9.17) is 13.4 Å². The summed E-state index contributed by atoms with van der Waals surface area (Å²) >= 11 is 0. The van der Waals surface area contributed by atoms with Crippen LogP contribution in [0, 0.1) is 11.7 Å². The van der Waals surface area contributed by atoms with E-state index in [0.717, 1.165) is 62.0 Å². The highest BCUT2D eigenvalue weighted by Crippen LogP contribution is 2.32. The molecular formula is C24H28FN3O5S. The Bertz CT molecular complexity index is 1260. The fourth-order valence-electron chi connectivity index (χ4n) is 4.83. The molecule has 5 rings (SSSR count). The minimum absolute atomic E-state index is 0.00112. The van der Waals surface area contributed by atoms with Crippen LogP contribution in [0.1, 0.15) is 18.4 Å². The van der Waals surface area contributed by atoms with Gasteiger partial charge in [0.2, 0.25) is 0 Å². The lowest BCUT2D eigenvalue weighted by atomic mass is 9.91. The van der Waals surface area contributed by atoms with Gasteiger partial charge in [0.05, 0.1) is 24.9 Å². The molecule has 10 heteroatoms. The predicted octanol–water partition coefficient (Wildman–Crippen LogP) is 3.42. The van der Waals surface area contributed by atoms with Crippen LogP contribution in [0.3, 0.4) is 0 Å². The standard InChI is InChI=1S/C24H28FN3O5S/c1-34(29,30)32-16-17-3-2-4-21(11-17)31-15-18-5-7-20-14-28(10-9-27(20)13-18)24-22-12-19(25)6-8-23(22)33-26-24/h2-4,6,8,11-12,18,20H,5,7,9-10,13-16H2,1H3/t18-,20-/m1/s1. The van der Waals surface area contributed by atoms with Gasteiger partial charge in [0.15, 0.2) is 11.4 Å². The van der Waals surface area contributed by atoms with Crippen LogP contribution >= 0.6 is 0 Å². The average Bonchev–Trinajstić information content (AvgIpc) is 3.24. The first-order chi connectivity index (χ1) is 16.3. The highest BCUT2D eigenvalue weighted by atomic mass is 32.2. The summed E-state index contributed by atoms with van der Waals surface area (Å²) in [7, 11) is -3.48. The Morgan fingerprint density at radius 2 is 2.03 bits per heavy atom. The third-order valence-electron chi connectivity index (χ3n) is 6.54. The SMILES string of the molecule is CS(=O)(=O)OCc1cccc(OC[C@@H]2CC[C@@H]3CN(c4noc5ccc(F)cc45)CCN3C2)c1. The number of piperazine rings is 1. The highest BCUT2D eigenvalue weighted by molar-refractivity contribution is 7.85. The Labute approximate surface area is 198 Å². The zero-order valence-corrected chi connectivity index (χ0v) is 19.8. The van der Waals surface area contributed by atoms with Crippen LogP contribution in [0.5, 0.6) is 5.75 Å². The van der Waals surface area contributed by atoms with Crippen LogP contribution in [0.15, 0.2) is 47.0 Å². The summed E-state index contributed by atoms with van der Waals surface area (Å²) in [4.78, 5) is 4.71. The van der Waals surface area contributed by atoms with Gasteiger partial charge in [-0.15, -0.1) is 0 Å². The molecule has 182 valence electrons. The quantitative estimate of drug-likeness (QED) is 0.467. The van der Waals surface area contributed by atoms with Gasteiger partial charge in [-0.25, -0.2) is 4.39 Å². The lowest BCUT2D eigenvalue weighted by Crippen LogP contribution is -2.57. The zero-order chi connectivity index (χ0) is 23.7. The molecule has 0 amide bonds. The molecule has 0 spiro atoms. The van der Waals surface area contributed by atoms with Gasteiger partial charge in [-0.05, 0) is 48.7 Å². The summed E-state index contributed by atoms with van der Waals surface area (Å²) in [5.74, 6) is 1.57. The molecule has 2 aromatic carbocycles. The van der Waals surface area contributed by atoms with E-state index in [1.807, 2.05) is 24.3 Å². The van der Waals surface area contributed by atoms with Crippen LogP contribution in [-0.4, -0.2) is 63.6 Å². The second-order valence-corrected chi connectivity index (χ2v) is 10.8. The normalized spacial score (nSPS) is 21.5. The second-order valence-electron chi connectivity index (χ2n) is 9.11. The summed E-state index contributed by atoms with van der Waals surface area (Å²) in [5.41, 5.74) is 1.36. The Morgan fingerprint density at radius 1 is 1.15 bits per heavy atom. The topological polar surface area (TPSA) is 85.1 Å². The van der Waals surface area contributed by atoms with Crippen molar-refractivity contribution >= 4 is 26.9 Å². The summed E-state index contributed by atoms with van der Waals surface area (Å²) < 4.78 is 52.5. The minimum Gasteiger partial charge on any atom is -0.493 e. The lowest BCUT2D eigenvalue weighted by Gasteiger charge is -2.46. The number of hydrogen-bond donors (Lipinski definition) is 0. The van der Waals surface area contributed by atoms with E-state index in [1.165, 1.54) is 12.1 Å². The van der Waals surface area contributed by atoms with Crippen molar-refractivity contribution in [3.63, 3.8) is 0 Å². The van der Waals surface area contributed by atoms with E-state index in [2.05, 4.69) is 15.0 Å². The van der Waals surface area contributed by atoms with Crippen molar-refractivity contribution in [3.8, 4) is 5.75 Å². The first-order valence-electron chi connectivity index (χ1n) is 11.4. The summed E-state index contributed by atoms with van der Waals surface area (Å²) in [6.45, 7) is 4.13. The first-order valence-corrected chi connectivity index (χ1v) is 13.3. The monoisotopic (exact) mass is 489 g/mol. The molecule has 2 fully saturated rings. The van der Waals surface area contributed by atoms with Crippen LogP contribution < -0.4 is 9.64 Å². The molecule has 3 heterocycles. The van der Waals surface area contributed by atoms with Gasteiger partial charge in [0.1, 0.15) is 11.6 Å². The van der Waals surface area contributed by atoms with Gasteiger partial charge in [-0.1, -0.05) is 17.3 Å². The maximum atomic E-state index is 13.7. The average molecular weight is 490 g/mol. The number of benzene rings is 2. The van der Waals surface area contributed by atoms with Crippen molar-refractivity contribution in [2.75, 3.05) is 43.9 Å². The summed E-state index contributed by atoms with van der Waals surface area (Å²) in [5, 5.41) is 4.93. The Morgan fingerprint density at radius 3 is 2.88 bits per heavy atom. The highest BCUT2D eigenvalue weighted by Gasteiger charge is 2.34. The maximum Gasteiger partial charge on any atom is 0.264 e. The van der Waals surface area contributed by atoms with Crippen molar-refractivity contribution in [3.05, 3.63) is 53.8 Å². The molecule has 0 saturated carbocycles. The number of halogens is 1. The summed E-state index contributed by atoms with van der Waals surface area (Å²) in [6, 6.07) is 12.3. The molecular weight excluding hydrogens is 461 g/mol. The molecule has 0 radical (unpaired) electrons. The first kappa shape index (κ1) is 23.1. The van der Waals surface area contributed by atoms with Crippen molar-refractivity contribution in [2.24, 2.45) is 5.92 Å². The molecule has 0 aliphatic carbocycles. The van der Waals surface area contributed by atoms with E-state index in [0.29, 0.717) is 29.9 Å². The van der Waals surface area contributed by atoms with Crippen LogP contribution in [0.25, 0.3) is 11.0 Å². The van der Waals surface area contributed by atoms with E-state index in [-0.39, 0.29) is 12.4 Å². The number of fused-ring (bicyclic) bond motifs is 2. The lowest BCUT2D eigenvalue weighted by molar-refractivity contribution is 0.0726. The van der Waals surface area contributed by atoms with E-state index < -0.39 is 10.1 Å². The molecule has 8 nitrogen and oxygen atoms in total. The number of piperidine rings is 1. The molecule has 0 unspecified atom stereocenters. The van der Waals surface area contributed by atoms with Crippen LogP contribution in [-0.2, 0) is 20.9 Å². The van der Waals surface area contributed by atoms with Crippen LogP contribution in [0.2, 0.25) is 0 Å². The molecule has 3 aromatic rings. The Balaban J connectivity index is 1.15. The van der Waals surface area contributed by atoms with Gasteiger partial charge in [-0.3, -0.25) is 9.08 Å². The maximum absolute atomic E-state index is 13.7. The number of anilines is 1. The molecule has 2 aliphatic rings. The molecule has 34 heavy (non-hydrogen) atoms. The van der Waals surface area contributed by atoms with E-state index >= 15 is 0 Å². The van der Waals surface area contributed by atoms with Gasteiger partial charge >= 0.3 is 0 Å². The number of aromatic nitrogens is 1. The van der Waals surface area contributed by atoms with Gasteiger partial charge in [0, 0.05) is 38.1 Å². The minimum atomic E-state index is -3.48. The predicted molar refractivity (Wildman–Crippen MR) is 126 cm³/mol. The molecule has 0 bridgehead atoms. The largest absolute Gasteiger partial charge is 0.493 e. The van der Waals surface area contributed by atoms with Gasteiger partial charge in [0.25, 0.3) is 10.1 Å². The fraction of sp³-hybridized carbons (Fsp3) is 0.458. The third kappa shape index (κ3) is 5.34. The Kier molecular flexibility index (Phi) is 6.46. The molecule has 1 aromatic heterocycles. The molecule has 2 atom stereocenters. The second kappa shape index (κ2) is 9.52. The smallest absolute Gasteiger partial charge is 0.264 e. The summed E-state index contributed by atoms with van der Waals surface area (Å²) in [6.07, 6.45) is 3.15. The number of ether oxygens (including phenoxy) is 1. The molecule has 2 saturated heterocycles. The fourth-order valence-corrected chi connectivity index (χ4v) is 5.18. The third-order valence-corrected chi connectivity index (χ3v) is 7.09. The number of rotatable bonds is 7. The van der Waals surface area contributed by atoms with Gasteiger partial charge in [-0.2, -0.15) is 8.42 Å². The van der Waals surface area contributed by atoms with Crippen LogP contribution in [0.4, 0.5) is 10.2 Å². The van der Waals surface area contributed by atoms with E-state index in [1.54, 1.807) is 6.07 Å². The van der Waals surface area contributed by atoms with Crippen molar-refractivity contribution in [1.82, 2.24) is 10.1 Å². The van der Waals surface area contributed by atoms with Gasteiger partial charge < -0.3 is 14.2 Å². The van der Waals surface area contributed by atoms with Crippen molar-refractivity contribution in [2.45, 2.75) is 25.5 Å². The number of nitrogens with zero attached hydrogens (tertiary/aromatic N) is 3. The zero-order valence-electron chi connectivity index (χ0n) is 19.0.